The molecule has 0 aliphatic carbocycles. The molecule has 17 heteroatoms. The molecule has 52 heavy (non-hydrogen) atoms. The molecule has 2 fully saturated rings. The van der Waals surface area contributed by atoms with Crippen LogP contribution in [0.15, 0.2) is 35.4 Å². The Hall–Kier alpha value is -5.47. The highest BCUT2D eigenvalue weighted by molar-refractivity contribution is 5.91. The summed E-state index contributed by atoms with van der Waals surface area (Å²) in [5.74, 6) is 1.25. The summed E-state index contributed by atoms with van der Waals surface area (Å²) in [5.41, 5.74) is 1.28. The van der Waals surface area contributed by atoms with Gasteiger partial charge in [-0.05, 0) is 37.0 Å². The fourth-order valence-electron chi connectivity index (χ4n) is 6.21. The first-order valence-corrected chi connectivity index (χ1v) is 17.1. The lowest BCUT2D eigenvalue weighted by Crippen LogP contribution is -2.49. The molecule has 2 saturated heterocycles. The Morgan fingerprint density at radius 2 is 1.96 bits per heavy atom. The zero-order valence-electron chi connectivity index (χ0n) is 29.3. The lowest BCUT2D eigenvalue weighted by atomic mass is 10.0. The molecule has 2 aliphatic rings. The van der Waals surface area contributed by atoms with Crippen LogP contribution in [0, 0.1) is 18.3 Å². The van der Waals surface area contributed by atoms with Crippen molar-refractivity contribution in [1.29, 1.82) is 0 Å². The number of anilines is 1. The van der Waals surface area contributed by atoms with Gasteiger partial charge in [0.15, 0.2) is 11.2 Å². The molecule has 278 valence electrons. The summed E-state index contributed by atoms with van der Waals surface area (Å²) in [6.45, 7) is 5.97. The van der Waals surface area contributed by atoms with Crippen molar-refractivity contribution in [3.05, 3.63) is 52.1 Å². The molecule has 3 aromatic rings. The molecule has 4 heterocycles. The van der Waals surface area contributed by atoms with Crippen LogP contribution in [-0.4, -0.2) is 110 Å². The van der Waals surface area contributed by atoms with E-state index in [0.717, 1.165) is 30.4 Å². The second-order valence-corrected chi connectivity index (χ2v) is 13.0. The summed E-state index contributed by atoms with van der Waals surface area (Å²) < 4.78 is 23.8. The van der Waals surface area contributed by atoms with Crippen molar-refractivity contribution in [3.8, 4) is 12.3 Å². The van der Waals surface area contributed by atoms with E-state index in [1.54, 1.807) is 13.8 Å². The van der Waals surface area contributed by atoms with E-state index < -0.39 is 42.2 Å². The molecule has 1 unspecified atom stereocenters. The Morgan fingerprint density at radius 1 is 1.19 bits per heavy atom. The van der Waals surface area contributed by atoms with Crippen LogP contribution in [0.2, 0.25) is 0 Å². The van der Waals surface area contributed by atoms with Gasteiger partial charge in [0.2, 0.25) is 11.9 Å². The van der Waals surface area contributed by atoms with Crippen LogP contribution in [0.1, 0.15) is 63.8 Å². The number of piperidine rings is 1. The number of likely N-dealkylation sites (tertiary alicyclic amines) is 1. The maximum atomic E-state index is 12.7. The SMILES string of the molecule is C#Cc1ccc(CN(CCOC(=O)OC[C@H]2O[C@@H](n3cnc4c(=O)[nH]c(NC(=O)C(C)C)nc43)C[C@@H]2OC(C)=O)CC2CCCCN2C(=O)O)cc1. The third-order valence-electron chi connectivity index (χ3n) is 8.87. The molecule has 17 nitrogen and oxygen atoms in total. The van der Waals surface area contributed by atoms with Crippen molar-refractivity contribution >= 4 is 41.2 Å². The van der Waals surface area contributed by atoms with Gasteiger partial charge in [0, 0.05) is 57.0 Å². The molecule has 2 aromatic heterocycles. The van der Waals surface area contributed by atoms with E-state index in [1.165, 1.54) is 22.7 Å². The minimum Gasteiger partial charge on any atom is -0.465 e. The molecular formula is C35H43N7O10. The second-order valence-electron chi connectivity index (χ2n) is 13.0. The number of carbonyl (C=O) groups is 4. The Balaban J connectivity index is 1.20. The Labute approximate surface area is 299 Å². The Bertz CT molecular complexity index is 1850. The van der Waals surface area contributed by atoms with Gasteiger partial charge >= 0.3 is 18.2 Å². The van der Waals surface area contributed by atoms with Crippen LogP contribution in [-0.2, 0) is 35.1 Å². The predicted octanol–water partition coefficient (Wildman–Crippen LogP) is 3.10. The summed E-state index contributed by atoms with van der Waals surface area (Å²) in [7, 11) is 0. The molecule has 0 radical (unpaired) electrons. The first-order valence-electron chi connectivity index (χ1n) is 17.1. The number of esters is 1. The number of aromatic nitrogens is 4. The number of rotatable bonds is 13. The fraction of sp³-hybridized carbons (Fsp3) is 0.514. The van der Waals surface area contributed by atoms with Gasteiger partial charge in [0.25, 0.3) is 5.56 Å². The number of amides is 2. The molecule has 0 saturated carbocycles. The summed E-state index contributed by atoms with van der Waals surface area (Å²) in [5, 5.41) is 12.3. The molecule has 0 spiro atoms. The molecule has 2 amide bonds. The van der Waals surface area contributed by atoms with Gasteiger partial charge in [0.05, 0.1) is 6.33 Å². The lowest BCUT2D eigenvalue weighted by molar-refractivity contribution is -0.150. The van der Waals surface area contributed by atoms with Crippen LogP contribution in [0.5, 0.6) is 0 Å². The third kappa shape index (κ3) is 9.65. The summed E-state index contributed by atoms with van der Waals surface area (Å²) >= 11 is 0. The van der Waals surface area contributed by atoms with Gasteiger partial charge in [-0.3, -0.25) is 34.2 Å². The van der Waals surface area contributed by atoms with Crippen molar-refractivity contribution in [3.63, 3.8) is 0 Å². The van der Waals surface area contributed by atoms with Crippen LogP contribution >= 0.6 is 0 Å². The number of hydrogen-bond acceptors (Lipinski definition) is 12. The number of carbonyl (C=O) groups excluding carboxylic acids is 3. The number of nitrogens with zero attached hydrogens (tertiary/aromatic N) is 5. The zero-order valence-corrected chi connectivity index (χ0v) is 29.3. The average molecular weight is 722 g/mol. The van der Waals surface area contributed by atoms with Gasteiger partial charge < -0.3 is 29.0 Å². The maximum absolute atomic E-state index is 12.7. The number of nitrogens with one attached hydrogen (secondary N) is 2. The molecule has 5 rings (SSSR count). The van der Waals surface area contributed by atoms with Gasteiger partial charge in [0.1, 0.15) is 31.6 Å². The van der Waals surface area contributed by atoms with Gasteiger partial charge in [-0.2, -0.15) is 4.98 Å². The van der Waals surface area contributed by atoms with Crippen molar-refractivity contribution in [2.24, 2.45) is 5.92 Å². The van der Waals surface area contributed by atoms with Crippen LogP contribution in [0.3, 0.4) is 0 Å². The van der Waals surface area contributed by atoms with Crippen LogP contribution in [0.4, 0.5) is 15.5 Å². The van der Waals surface area contributed by atoms with Crippen LogP contribution in [0.25, 0.3) is 11.2 Å². The minimum atomic E-state index is -0.969. The quantitative estimate of drug-likeness (QED) is 0.172. The van der Waals surface area contributed by atoms with E-state index in [1.807, 2.05) is 29.2 Å². The van der Waals surface area contributed by atoms with E-state index in [0.29, 0.717) is 26.2 Å². The molecule has 2 aliphatic heterocycles. The largest absolute Gasteiger partial charge is 0.508 e. The second kappa shape index (κ2) is 17.2. The average Bonchev–Trinajstić information content (AvgIpc) is 3.71. The molecule has 4 atom stereocenters. The van der Waals surface area contributed by atoms with Crippen LogP contribution < -0.4 is 10.9 Å². The highest BCUT2D eigenvalue weighted by Crippen LogP contribution is 2.33. The molecular weight excluding hydrogens is 678 g/mol. The van der Waals surface area contributed by atoms with Crippen molar-refractivity contribution in [1.82, 2.24) is 29.3 Å². The monoisotopic (exact) mass is 721 g/mol. The Morgan fingerprint density at radius 3 is 2.65 bits per heavy atom. The first-order chi connectivity index (χ1) is 24.9. The highest BCUT2D eigenvalue weighted by Gasteiger charge is 2.40. The number of H-pyrrole nitrogens is 1. The fourth-order valence-corrected chi connectivity index (χ4v) is 6.21. The normalized spacial score (nSPS) is 20.1. The number of benzene rings is 1. The van der Waals surface area contributed by atoms with E-state index >= 15 is 0 Å². The first kappa shape index (κ1) is 37.8. The predicted molar refractivity (Wildman–Crippen MR) is 185 cm³/mol. The lowest BCUT2D eigenvalue weighted by Gasteiger charge is -2.37. The number of fused-ring (bicyclic) bond motifs is 1. The minimum absolute atomic E-state index is 0.0104. The van der Waals surface area contributed by atoms with Gasteiger partial charge in [-0.25, -0.2) is 14.6 Å². The van der Waals surface area contributed by atoms with E-state index in [9.17, 15) is 29.1 Å². The van der Waals surface area contributed by atoms with Crippen molar-refractivity contribution in [2.75, 3.05) is 38.2 Å². The maximum Gasteiger partial charge on any atom is 0.508 e. The van der Waals surface area contributed by atoms with E-state index in [4.69, 9.17) is 25.4 Å². The van der Waals surface area contributed by atoms with Gasteiger partial charge in [-0.15, -0.1) is 6.42 Å². The summed E-state index contributed by atoms with van der Waals surface area (Å²) in [6.07, 6.45) is 4.98. The number of carboxylic acid groups (broad SMARTS) is 1. The van der Waals surface area contributed by atoms with E-state index in [2.05, 4.69) is 26.2 Å². The standard InChI is InChI=1S/C35H43N7O10/c1-5-23-9-11-24(12-10-23)17-40(18-25-8-6-7-13-41(25)34(46)47)14-15-49-35(48)50-19-27-26(51-22(4)43)16-28(52-27)42-20-36-29-30(42)37-33(39-32(29)45)38-31(44)21(2)3/h1,9-12,20-21,25-28H,6-8,13-19H2,2-4H3,(H,46,47)(H2,37,38,39,44,45)/t25?,26-,27+,28+/m0/s1. The number of imidazole rings is 1. The molecule has 3 N–H and O–H groups in total. The summed E-state index contributed by atoms with van der Waals surface area (Å²) in [6, 6.07) is 7.28. The number of aromatic amines is 1. The summed E-state index contributed by atoms with van der Waals surface area (Å²) in [4.78, 5) is 75.9. The smallest absolute Gasteiger partial charge is 0.465 e. The number of ether oxygens (including phenoxy) is 4. The topological polar surface area (TPSA) is 208 Å². The Kier molecular flexibility index (Phi) is 12.5. The molecule has 1 aromatic carbocycles. The number of terminal acetylenes is 1. The molecule has 0 bridgehead atoms. The van der Waals surface area contributed by atoms with E-state index in [-0.39, 0.29) is 54.6 Å². The van der Waals surface area contributed by atoms with Crippen molar-refractivity contribution in [2.45, 2.75) is 77.5 Å². The highest BCUT2D eigenvalue weighted by atomic mass is 16.7. The number of hydrogen-bond donors (Lipinski definition) is 3. The van der Waals surface area contributed by atoms with Crippen molar-refractivity contribution < 1.29 is 43.2 Å². The third-order valence-corrected chi connectivity index (χ3v) is 8.87. The zero-order chi connectivity index (χ0) is 37.4. The van der Waals surface area contributed by atoms with Gasteiger partial charge in [-0.1, -0.05) is 31.9 Å².